The molecule has 1 aromatic rings. The number of benzene rings is 1. The second kappa shape index (κ2) is 6.81. The molecule has 2 N–H and O–H groups in total. The zero-order chi connectivity index (χ0) is 15.3. The molecule has 0 saturated heterocycles. The van der Waals surface area contributed by atoms with Crippen molar-refractivity contribution in [1.82, 2.24) is 5.32 Å². The van der Waals surface area contributed by atoms with E-state index < -0.39 is 23.7 Å². The highest BCUT2D eigenvalue weighted by Gasteiger charge is 2.31. The van der Waals surface area contributed by atoms with Gasteiger partial charge in [0, 0.05) is 12.3 Å². The molecule has 0 bridgehead atoms. The molecule has 0 heterocycles. The maximum Gasteiger partial charge on any atom is 0.416 e. The number of anilines is 1. The lowest BCUT2D eigenvalue weighted by molar-refractivity contribution is -0.137. The Morgan fingerprint density at radius 1 is 1.25 bits per heavy atom. The molecule has 0 atom stereocenters. The van der Waals surface area contributed by atoms with E-state index in [4.69, 9.17) is 23.2 Å². The van der Waals surface area contributed by atoms with Crippen LogP contribution in [0.15, 0.2) is 18.2 Å². The van der Waals surface area contributed by atoms with Crippen LogP contribution in [0.1, 0.15) is 12.0 Å². The van der Waals surface area contributed by atoms with E-state index in [0.717, 1.165) is 12.1 Å². The second-order valence-corrected chi connectivity index (χ2v) is 4.42. The first-order valence-corrected chi connectivity index (χ1v) is 6.19. The van der Waals surface area contributed by atoms with Crippen molar-refractivity contribution in [1.29, 1.82) is 0 Å². The van der Waals surface area contributed by atoms with Gasteiger partial charge in [0.05, 0.1) is 16.3 Å². The fourth-order valence-corrected chi connectivity index (χ4v) is 1.56. The van der Waals surface area contributed by atoms with Gasteiger partial charge in [0.1, 0.15) is 0 Å². The van der Waals surface area contributed by atoms with Crippen LogP contribution >= 0.6 is 23.2 Å². The average molecular weight is 329 g/mol. The number of rotatable bonds is 3. The van der Waals surface area contributed by atoms with E-state index in [2.05, 4.69) is 5.32 Å². The topological polar surface area (TPSA) is 58.2 Å². The van der Waals surface area contributed by atoms with Crippen LogP contribution in [-0.4, -0.2) is 17.8 Å². The molecule has 0 unspecified atom stereocenters. The highest BCUT2D eigenvalue weighted by molar-refractivity contribution is 6.33. The SMILES string of the molecule is O=C(CCCl)NC(=O)Nc1cc(C(F)(F)F)ccc1Cl. The molecule has 0 aliphatic rings. The Bertz CT molecular complexity index is 521. The third-order valence-corrected chi connectivity index (χ3v) is 2.63. The maximum absolute atomic E-state index is 12.5. The minimum Gasteiger partial charge on any atom is -0.306 e. The summed E-state index contributed by atoms with van der Waals surface area (Å²) in [6.07, 6.45) is -4.66. The smallest absolute Gasteiger partial charge is 0.306 e. The molecule has 0 aromatic heterocycles. The number of urea groups is 1. The molecule has 20 heavy (non-hydrogen) atoms. The predicted octanol–water partition coefficient (Wildman–Crippen LogP) is 3.64. The summed E-state index contributed by atoms with van der Waals surface area (Å²) in [4.78, 5) is 22.5. The van der Waals surface area contributed by atoms with Gasteiger partial charge < -0.3 is 5.32 Å². The largest absolute Gasteiger partial charge is 0.416 e. The predicted molar refractivity (Wildman–Crippen MR) is 69.0 cm³/mol. The molecular formula is C11H9Cl2F3N2O2. The molecule has 0 radical (unpaired) electrons. The Balaban J connectivity index is 2.81. The fourth-order valence-electron chi connectivity index (χ4n) is 1.23. The third-order valence-electron chi connectivity index (χ3n) is 2.12. The molecule has 0 aliphatic carbocycles. The van der Waals surface area contributed by atoms with Crippen LogP contribution in [0.3, 0.4) is 0 Å². The quantitative estimate of drug-likeness (QED) is 0.832. The van der Waals surface area contributed by atoms with Gasteiger partial charge in [-0.15, -0.1) is 11.6 Å². The second-order valence-electron chi connectivity index (χ2n) is 3.63. The molecule has 9 heteroatoms. The summed E-state index contributed by atoms with van der Waals surface area (Å²) in [6, 6.07) is 1.47. The molecule has 110 valence electrons. The summed E-state index contributed by atoms with van der Waals surface area (Å²) < 4.78 is 37.5. The van der Waals surface area contributed by atoms with E-state index >= 15 is 0 Å². The van der Waals surface area contributed by atoms with Gasteiger partial charge in [-0.2, -0.15) is 13.2 Å². The number of amides is 3. The normalized spacial score (nSPS) is 11.1. The van der Waals surface area contributed by atoms with E-state index in [1.54, 1.807) is 0 Å². The lowest BCUT2D eigenvalue weighted by atomic mass is 10.2. The van der Waals surface area contributed by atoms with E-state index in [1.807, 2.05) is 5.32 Å². The van der Waals surface area contributed by atoms with Crippen molar-refractivity contribution in [3.8, 4) is 0 Å². The Kier molecular flexibility index (Phi) is 5.64. The Morgan fingerprint density at radius 2 is 1.90 bits per heavy atom. The van der Waals surface area contributed by atoms with Gasteiger partial charge in [0.15, 0.2) is 0 Å². The number of alkyl halides is 4. The van der Waals surface area contributed by atoms with Crippen molar-refractivity contribution in [3.05, 3.63) is 28.8 Å². The van der Waals surface area contributed by atoms with Gasteiger partial charge in [-0.1, -0.05) is 11.6 Å². The van der Waals surface area contributed by atoms with Crippen LogP contribution < -0.4 is 10.6 Å². The molecule has 0 spiro atoms. The maximum atomic E-state index is 12.5. The van der Waals surface area contributed by atoms with Crippen LogP contribution in [-0.2, 0) is 11.0 Å². The van der Waals surface area contributed by atoms with Gasteiger partial charge >= 0.3 is 12.2 Å². The molecule has 1 rings (SSSR count). The molecule has 0 fully saturated rings. The summed E-state index contributed by atoms with van der Waals surface area (Å²) in [7, 11) is 0. The van der Waals surface area contributed by atoms with Crippen molar-refractivity contribution in [2.45, 2.75) is 12.6 Å². The number of carbonyl (C=O) groups excluding carboxylic acids is 2. The van der Waals surface area contributed by atoms with Gasteiger partial charge in [0.25, 0.3) is 0 Å². The lowest BCUT2D eigenvalue weighted by Crippen LogP contribution is -2.34. The van der Waals surface area contributed by atoms with E-state index in [9.17, 15) is 22.8 Å². The van der Waals surface area contributed by atoms with Gasteiger partial charge in [-0.3, -0.25) is 10.1 Å². The van der Waals surface area contributed by atoms with Gasteiger partial charge in [0.2, 0.25) is 5.91 Å². The lowest BCUT2D eigenvalue weighted by Gasteiger charge is -2.11. The zero-order valence-electron chi connectivity index (χ0n) is 9.85. The Labute approximate surface area is 122 Å². The summed E-state index contributed by atoms with van der Waals surface area (Å²) in [6.45, 7) is 0. The van der Waals surface area contributed by atoms with Crippen molar-refractivity contribution in [2.75, 3.05) is 11.2 Å². The van der Waals surface area contributed by atoms with Crippen LogP contribution in [0.5, 0.6) is 0 Å². The minimum atomic E-state index is -4.56. The molecule has 1 aromatic carbocycles. The third kappa shape index (κ3) is 4.90. The standard InChI is InChI=1S/C11H9Cl2F3N2O2/c12-4-3-9(19)18-10(20)17-8-5-6(11(14,15)16)1-2-7(8)13/h1-2,5H,3-4H2,(H2,17,18,19,20). The van der Waals surface area contributed by atoms with Crippen molar-refractivity contribution in [3.63, 3.8) is 0 Å². The van der Waals surface area contributed by atoms with Crippen LogP contribution in [0, 0.1) is 0 Å². The Hall–Kier alpha value is -1.47. The van der Waals surface area contributed by atoms with Gasteiger partial charge in [-0.25, -0.2) is 4.79 Å². The van der Waals surface area contributed by atoms with Crippen molar-refractivity contribution >= 4 is 40.8 Å². The van der Waals surface area contributed by atoms with Crippen LogP contribution in [0.4, 0.5) is 23.7 Å². The van der Waals surface area contributed by atoms with Crippen LogP contribution in [0.2, 0.25) is 5.02 Å². The monoisotopic (exact) mass is 328 g/mol. The summed E-state index contributed by atoms with van der Waals surface area (Å²) >= 11 is 11.0. The first-order chi connectivity index (χ1) is 9.24. The number of nitrogens with one attached hydrogen (secondary N) is 2. The first-order valence-electron chi connectivity index (χ1n) is 5.27. The molecule has 0 aliphatic heterocycles. The zero-order valence-corrected chi connectivity index (χ0v) is 11.4. The number of hydrogen-bond acceptors (Lipinski definition) is 2. The van der Waals surface area contributed by atoms with E-state index in [-0.39, 0.29) is 23.0 Å². The van der Waals surface area contributed by atoms with E-state index in [0.29, 0.717) is 6.07 Å². The molecule has 3 amide bonds. The number of carbonyl (C=O) groups is 2. The minimum absolute atomic E-state index is 0.0173. The number of hydrogen-bond donors (Lipinski definition) is 2. The summed E-state index contributed by atoms with van der Waals surface area (Å²) in [5.41, 5.74) is -1.22. The van der Waals surface area contributed by atoms with E-state index in [1.165, 1.54) is 0 Å². The average Bonchev–Trinajstić information content (AvgIpc) is 2.30. The molecular weight excluding hydrogens is 320 g/mol. The summed E-state index contributed by atoms with van der Waals surface area (Å²) in [5, 5.41) is 3.88. The van der Waals surface area contributed by atoms with Crippen molar-refractivity contribution < 1.29 is 22.8 Å². The van der Waals surface area contributed by atoms with Crippen molar-refractivity contribution in [2.24, 2.45) is 0 Å². The first kappa shape index (κ1) is 16.6. The van der Waals surface area contributed by atoms with Gasteiger partial charge in [-0.05, 0) is 18.2 Å². The highest BCUT2D eigenvalue weighted by Crippen LogP contribution is 2.33. The summed E-state index contributed by atoms with van der Waals surface area (Å²) in [5.74, 6) is -0.635. The number of imide groups is 1. The number of halogens is 5. The molecule has 0 saturated carbocycles. The van der Waals surface area contributed by atoms with Crippen LogP contribution in [0.25, 0.3) is 0 Å². The highest BCUT2D eigenvalue weighted by atomic mass is 35.5. The fraction of sp³-hybridized carbons (Fsp3) is 0.273. The Morgan fingerprint density at radius 3 is 2.45 bits per heavy atom. The molecule has 4 nitrogen and oxygen atoms in total.